The summed E-state index contributed by atoms with van der Waals surface area (Å²) in [5, 5.41) is 3.68. The lowest BCUT2D eigenvalue weighted by Gasteiger charge is -2.24. The topological polar surface area (TPSA) is 82.5 Å². The van der Waals surface area contributed by atoms with E-state index in [1.807, 2.05) is 51.1 Å². The first-order valence-electron chi connectivity index (χ1n) is 11.5. The van der Waals surface area contributed by atoms with Crippen LogP contribution in [0.3, 0.4) is 0 Å². The molecule has 1 heterocycles. The van der Waals surface area contributed by atoms with Crippen LogP contribution in [0, 0.1) is 12.8 Å². The zero-order chi connectivity index (χ0) is 24.0. The first-order chi connectivity index (χ1) is 15.8. The summed E-state index contributed by atoms with van der Waals surface area (Å²) in [6.45, 7) is 11.2. The Hall–Kier alpha value is -3.35. The molecule has 176 valence electrons. The van der Waals surface area contributed by atoms with Crippen molar-refractivity contribution in [3.63, 3.8) is 0 Å². The molecule has 2 aromatic carbocycles. The fourth-order valence-electron chi connectivity index (χ4n) is 3.86. The molecule has 3 aromatic rings. The van der Waals surface area contributed by atoms with Gasteiger partial charge in [0.15, 0.2) is 11.5 Å². The van der Waals surface area contributed by atoms with Crippen molar-refractivity contribution in [2.24, 2.45) is 5.92 Å². The molecular weight excluding hydrogens is 418 g/mol. The van der Waals surface area contributed by atoms with Crippen molar-refractivity contribution in [3.8, 4) is 11.5 Å². The Morgan fingerprint density at radius 3 is 2.52 bits per heavy atom. The number of aromatic nitrogens is 2. The Morgan fingerprint density at radius 2 is 1.82 bits per heavy atom. The van der Waals surface area contributed by atoms with Gasteiger partial charge in [0.25, 0.3) is 5.56 Å². The number of amides is 1. The van der Waals surface area contributed by atoms with Crippen molar-refractivity contribution < 1.29 is 14.3 Å². The fourth-order valence-corrected chi connectivity index (χ4v) is 3.86. The molecule has 0 spiro atoms. The van der Waals surface area contributed by atoms with Gasteiger partial charge in [0.05, 0.1) is 36.5 Å². The van der Waals surface area contributed by atoms with Gasteiger partial charge < -0.3 is 14.8 Å². The second-order valence-electron chi connectivity index (χ2n) is 8.33. The molecule has 0 saturated heterocycles. The predicted octanol–water partition coefficient (Wildman–Crippen LogP) is 4.41. The van der Waals surface area contributed by atoms with Gasteiger partial charge >= 0.3 is 0 Å². The summed E-state index contributed by atoms with van der Waals surface area (Å²) in [4.78, 5) is 30.0. The van der Waals surface area contributed by atoms with Crippen LogP contribution in [-0.2, 0) is 11.3 Å². The summed E-state index contributed by atoms with van der Waals surface area (Å²) in [7, 11) is 0. The maximum absolute atomic E-state index is 12.8. The molecular formula is C26H33N3O4. The molecule has 1 aromatic heterocycles. The molecule has 0 aliphatic heterocycles. The smallest absolute Gasteiger partial charge is 0.261 e. The third kappa shape index (κ3) is 5.72. The Morgan fingerprint density at radius 1 is 1.09 bits per heavy atom. The van der Waals surface area contributed by atoms with Crippen LogP contribution in [0.5, 0.6) is 11.5 Å². The zero-order valence-corrected chi connectivity index (χ0v) is 20.1. The van der Waals surface area contributed by atoms with E-state index in [1.165, 1.54) is 10.9 Å². The number of carbonyl (C=O) groups excluding carboxylic acids is 1. The quantitative estimate of drug-likeness (QED) is 0.494. The minimum atomic E-state index is -0.193. The lowest BCUT2D eigenvalue weighted by atomic mass is 9.95. The summed E-state index contributed by atoms with van der Waals surface area (Å²) >= 11 is 0. The van der Waals surface area contributed by atoms with Gasteiger partial charge in [0, 0.05) is 13.0 Å². The average Bonchev–Trinajstić information content (AvgIpc) is 2.79. The van der Waals surface area contributed by atoms with Crippen LogP contribution in [-0.4, -0.2) is 28.7 Å². The van der Waals surface area contributed by atoms with Gasteiger partial charge in [-0.15, -0.1) is 0 Å². The van der Waals surface area contributed by atoms with E-state index < -0.39 is 0 Å². The maximum Gasteiger partial charge on any atom is 0.261 e. The van der Waals surface area contributed by atoms with E-state index in [2.05, 4.69) is 24.1 Å². The van der Waals surface area contributed by atoms with Gasteiger partial charge in [-0.05, 0) is 56.0 Å². The number of ether oxygens (including phenoxy) is 2. The van der Waals surface area contributed by atoms with Gasteiger partial charge in [-0.3, -0.25) is 14.2 Å². The first-order valence-corrected chi connectivity index (χ1v) is 11.5. The normalized spacial score (nSPS) is 12.1. The van der Waals surface area contributed by atoms with Gasteiger partial charge in [-0.25, -0.2) is 4.98 Å². The number of aryl methyl sites for hydroxylation is 2. The lowest BCUT2D eigenvalue weighted by molar-refractivity contribution is -0.122. The number of benzene rings is 2. The standard InChI is InChI=1S/C26H33N3O4/c1-6-32-21-12-11-19(15-22(21)33-7-2)24(17(3)4)28-23(30)13-14-29-16-27-25-18(5)9-8-10-20(25)26(29)31/h8-12,15-17,24H,6-7,13-14H2,1-5H3,(H,28,30). The number of carbonyl (C=O) groups is 1. The summed E-state index contributed by atoms with van der Waals surface area (Å²) in [6, 6.07) is 11.1. The van der Waals surface area contributed by atoms with E-state index >= 15 is 0 Å². The van der Waals surface area contributed by atoms with Crippen LogP contribution in [0.2, 0.25) is 0 Å². The van der Waals surface area contributed by atoms with Crippen LogP contribution in [0.4, 0.5) is 0 Å². The number of nitrogens with one attached hydrogen (secondary N) is 1. The van der Waals surface area contributed by atoms with E-state index in [0.717, 1.165) is 11.1 Å². The number of hydrogen-bond acceptors (Lipinski definition) is 5. The van der Waals surface area contributed by atoms with Crippen LogP contribution >= 0.6 is 0 Å². The Bertz CT molecular complexity index is 1170. The van der Waals surface area contributed by atoms with Crippen molar-refractivity contribution in [1.82, 2.24) is 14.9 Å². The molecule has 0 aliphatic carbocycles. The summed E-state index contributed by atoms with van der Waals surface area (Å²) in [5.74, 6) is 1.39. The Balaban J connectivity index is 1.74. The largest absolute Gasteiger partial charge is 0.490 e. The molecule has 7 nitrogen and oxygen atoms in total. The highest BCUT2D eigenvalue weighted by Crippen LogP contribution is 2.33. The van der Waals surface area contributed by atoms with Crippen molar-refractivity contribution in [3.05, 3.63) is 64.2 Å². The Kier molecular flexibility index (Phi) is 8.09. The van der Waals surface area contributed by atoms with Gasteiger partial charge in [0.1, 0.15) is 0 Å². The molecule has 1 unspecified atom stereocenters. The second kappa shape index (κ2) is 11.0. The predicted molar refractivity (Wildman–Crippen MR) is 130 cm³/mol. The molecule has 0 aliphatic rings. The summed E-state index contributed by atoms with van der Waals surface area (Å²) in [5.41, 5.74) is 2.47. The number of para-hydroxylation sites is 1. The van der Waals surface area contributed by atoms with E-state index in [-0.39, 0.29) is 36.4 Å². The Labute approximate surface area is 194 Å². The first kappa shape index (κ1) is 24.3. The SMILES string of the molecule is CCOc1ccc(C(NC(=O)CCn2cnc3c(C)cccc3c2=O)C(C)C)cc1OCC. The molecule has 0 radical (unpaired) electrons. The van der Waals surface area contributed by atoms with Crippen LogP contribution in [0.1, 0.15) is 51.3 Å². The number of rotatable bonds is 10. The van der Waals surface area contributed by atoms with Crippen molar-refractivity contribution in [1.29, 1.82) is 0 Å². The third-order valence-corrected chi connectivity index (χ3v) is 5.54. The molecule has 0 bridgehead atoms. The van der Waals surface area contributed by atoms with Crippen LogP contribution in [0.25, 0.3) is 10.9 Å². The minimum Gasteiger partial charge on any atom is -0.490 e. The van der Waals surface area contributed by atoms with Crippen LogP contribution in [0.15, 0.2) is 47.5 Å². The summed E-state index contributed by atoms with van der Waals surface area (Å²) < 4.78 is 12.9. The molecule has 0 saturated carbocycles. The highest BCUT2D eigenvalue weighted by atomic mass is 16.5. The highest BCUT2D eigenvalue weighted by Gasteiger charge is 2.20. The molecule has 7 heteroatoms. The third-order valence-electron chi connectivity index (χ3n) is 5.54. The van der Waals surface area contributed by atoms with Crippen molar-refractivity contribution in [2.45, 2.75) is 53.6 Å². The number of nitrogens with zero attached hydrogens (tertiary/aromatic N) is 2. The highest BCUT2D eigenvalue weighted by molar-refractivity contribution is 5.80. The van der Waals surface area contributed by atoms with E-state index in [9.17, 15) is 9.59 Å². The van der Waals surface area contributed by atoms with Crippen LogP contribution < -0.4 is 20.3 Å². The van der Waals surface area contributed by atoms with Crippen molar-refractivity contribution in [2.75, 3.05) is 13.2 Å². The minimum absolute atomic E-state index is 0.128. The molecule has 0 fully saturated rings. The lowest BCUT2D eigenvalue weighted by Crippen LogP contribution is -2.33. The fraction of sp³-hybridized carbons (Fsp3) is 0.423. The van der Waals surface area contributed by atoms with E-state index in [4.69, 9.17) is 9.47 Å². The maximum atomic E-state index is 12.8. The van der Waals surface area contributed by atoms with Crippen molar-refractivity contribution >= 4 is 16.8 Å². The van der Waals surface area contributed by atoms with Gasteiger partial charge in [0.2, 0.25) is 5.91 Å². The van der Waals surface area contributed by atoms with E-state index in [0.29, 0.717) is 35.6 Å². The van der Waals surface area contributed by atoms with Gasteiger partial charge in [-0.2, -0.15) is 0 Å². The van der Waals surface area contributed by atoms with Gasteiger partial charge in [-0.1, -0.05) is 32.0 Å². The molecule has 1 N–H and O–H groups in total. The monoisotopic (exact) mass is 451 g/mol. The number of hydrogen-bond donors (Lipinski definition) is 1. The zero-order valence-electron chi connectivity index (χ0n) is 20.1. The average molecular weight is 452 g/mol. The number of fused-ring (bicyclic) bond motifs is 1. The molecule has 3 rings (SSSR count). The second-order valence-corrected chi connectivity index (χ2v) is 8.33. The molecule has 1 amide bonds. The molecule has 1 atom stereocenters. The van der Waals surface area contributed by atoms with E-state index in [1.54, 1.807) is 6.07 Å². The summed E-state index contributed by atoms with van der Waals surface area (Å²) in [6.07, 6.45) is 1.70. The molecule has 33 heavy (non-hydrogen) atoms.